The number of anilines is 1. The van der Waals surface area contributed by atoms with Crippen LogP contribution < -0.4 is 10.4 Å². The Labute approximate surface area is 70.1 Å². The summed E-state index contributed by atoms with van der Waals surface area (Å²) >= 11 is 0. The first kappa shape index (κ1) is 7.02. The monoisotopic (exact) mass is 163 g/mol. The number of fused-ring (bicyclic) bond motifs is 1. The van der Waals surface area contributed by atoms with E-state index in [0.29, 0.717) is 0 Å². The number of aliphatic imine (C=N–C) groups is 1. The summed E-state index contributed by atoms with van der Waals surface area (Å²) in [7, 11) is 1.88. The summed E-state index contributed by atoms with van der Waals surface area (Å²) in [5.74, 6) is 1.61. The molecule has 0 unspecified atom stereocenters. The SMILES string of the molecule is CC1=Nc2ccnnc2N(C)N1. The first-order chi connectivity index (χ1) is 5.77. The molecule has 5 nitrogen and oxygen atoms in total. The Morgan fingerprint density at radius 3 is 3.17 bits per heavy atom. The molecule has 1 aromatic heterocycles. The van der Waals surface area contributed by atoms with Gasteiger partial charge >= 0.3 is 0 Å². The second-order valence-electron chi connectivity index (χ2n) is 2.61. The van der Waals surface area contributed by atoms with Gasteiger partial charge in [0.25, 0.3) is 0 Å². The number of hydrazine groups is 1. The Morgan fingerprint density at radius 2 is 2.33 bits per heavy atom. The first-order valence-corrected chi connectivity index (χ1v) is 3.65. The standard InChI is InChI=1S/C7H9N5/c1-5-9-6-3-4-8-10-7(6)12(2)11-5/h3-4H,1-2H3,(H,9,11). The highest BCUT2D eigenvalue weighted by atomic mass is 15.5. The van der Waals surface area contributed by atoms with Crippen molar-refractivity contribution in [1.82, 2.24) is 15.6 Å². The van der Waals surface area contributed by atoms with E-state index in [1.54, 1.807) is 11.2 Å². The van der Waals surface area contributed by atoms with E-state index in [2.05, 4.69) is 20.6 Å². The third-order valence-electron chi connectivity index (χ3n) is 1.62. The van der Waals surface area contributed by atoms with Crippen molar-refractivity contribution in [3.8, 4) is 0 Å². The molecule has 5 heteroatoms. The third kappa shape index (κ3) is 0.990. The van der Waals surface area contributed by atoms with Gasteiger partial charge < -0.3 is 0 Å². The molecule has 0 saturated heterocycles. The van der Waals surface area contributed by atoms with E-state index >= 15 is 0 Å². The van der Waals surface area contributed by atoms with Crippen LogP contribution in [0.25, 0.3) is 0 Å². The summed E-state index contributed by atoms with van der Waals surface area (Å²) in [6.07, 6.45) is 1.63. The van der Waals surface area contributed by atoms with E-state index < -0.39 is 0 Å². The molecule has 1 aliphatic heterocycles. The molecule has 1 aromatic rings. The summed E-state index contributed by atoms with van der Waals surface area (Å²) in [5, 5.41) is 9.51. The zero-order chi connectivity index (χ0) is 8.55. The lowest BCUT2D eigenvalue weighted by molar-refractivity contribution is 0.814. The minimum Gasteiger partial charge on any atom is -0.284 e. The average Bonchev–Trinajstić information content (AvgIpc) is 2.04. The number of hydrogen-bond donors (Lipinski definition) is 1. The van der Waals surface area contributed by atoms with Crippen LogP contribution in [-0.2, 0) is 0 Å². The topological polar surface area (TPSA) is 53.4 Å². The second kappa shape index (κ2) is 2.44. The normalized spacial score (nSPS) is 14.8. The van der Waals surface area contributed by atoms with Gasteiger partial charge in [0.15, 0.2) is 5.82 Å². The van der Waals surface area contributed by atoms with Gasteiger partial charge in [-0.3, -0.25) is 10.4 Å². The zero-order valence-electron chi connectivity index (χ0n) is 6.94. The quantitative estimate of drug-likeness (QED) is 0.604. The molecule has 0 spiro atoms. The van der Waals surface area contributed by atoms with Gasteiger partial charge in [0, 0.05) is 7.05 Å². The fraction of sp³-hybridized carbons (Fsp3) is 0.286. The fourth-order valence-electron chi connectivity index (χ4n) is 1.15. The summed E-state index contributed by atoms with van der Waals surface area (Å²) in [6.45, 7) is 1.90. The van der Waals surface area contributed by atoms with E-state index in [4.69, 9.17) is 0 Å². The van der Waals surface area contributed by atoms with Gasteiger partial charge in [-0.15, -0.1) is 5.10 Å². The number of rotatable bonds is 0. The van der Waals surface area contributed by atoms with Gasteiger partial charge in [-0.25, -0.2) is 4.99 Å². The highest BCUT2D eigenvalue weighted by molar-refractivity contribution is 5.88. The highest BCUT2D eigenvalue weighted by Crippen LogP contribution is 2.25. The van der Waals surface area contributed by atoms with Crippen molar-refractivity contribution in [3.05, 3.63) is 12.3 Å². The van der Waals surface area contributed by atoms with Crippen LogP contribution in [-0.4, -0.2) is 23.1 Å². The molecule has 12 heavy (non-hydrogen) atoms. The number of hydrogen-bond acceptors (Lipinski definition) is 5. The summed E-state index contributed by atoms with van der Waals surface area (Å²) in [6, 6.07) is 1.84. The van der Waals surface area contributed by atoms with Gasteiger partial charge in [0.2, 0.25) is 0 Å². The maximum atomic E-state index is 4.26. The molecular weight excluding hydrogens is 154 g/mol. The predicted octanol–water partition coefficient (Wildman–Crippen LogP) is 0.481. The minimum absolute atomic E-state index is 0.753. The lowest BCUT2D eigenvalue weighted by Gasteiger charge is -2.24. The predicted molar refractivity (Wildman–Crippen MR) is 46.3 cm³/mol. The van der Waals surface area contributed by atoms with Crippen molar-refractivity contribution in [2.24, 2.45) is 4.99 Å². The first-order valence-electron chi connectivity index (χ1n) is 3.65. The molecule has 0 fully saturated rings. The van der Waals surface area contributed by atoms with Gasteiger partial charge in [0.05, 0.1) is 6.20 Å². The van der Waals surface area contributed by atoms with E-state index in [0.717, 1.165) is 17.3 Å². The van der Waals surface area contributed by atoms with Crippen molar-refractivity contribution in [2.45, 2.75) is 6.92 Å². The van der Waals surface area contributed by atoms with E-state index in [9.17, 15) is 0 Å². The summed E-state index contributed by atoms with van der Waals surface area (Å²) in [5.41, 5.74) is 3.87. The third-order valence-corrected chi connectivity index (χ3v) is 1.62. The van der Waals surface area contributed by atoms with Crippen molar-refractivity contribution in [3.63, 3.8) is 0 Å². The van der Waals surface area contributed by atoms with Crippen molar-refractivity contribution in [2.75, 3.05) is 12.1 Å². The van der Waals surface area contributed by atoms with E-state index in [1.165, 1.54) is 0 Å². The van der Waals surface area contributed by atoms with Crippen LogP contribution >= 0.6 is 0 Å². The molecule has 0 atom stereocenters. The van der Waals surface area contributed by atoms with E-state index in [1.807, 2.05) is 20.0 Å². The number of aromatic nitrogens is 2. The fourth-order valence-corrected chi connectivity index (χ4v) is 1.15. The van der Waals surface area contributed by atoms with Crippen LogP contribution in [0.4, 0.5) is 11.5 Å². The maximum Gasteiger partial charge on any atom is 0.195 e. The zero-order valence-corrected chi connectivity index (χ0v) is 6.94. The molecule has 1 N–H and O–H groups in total. The minimum atomic E-state index is 0.753. The lowest BCUT2D eigenvalue weighted by Crippen LogP contribution is -2.40. The van der Waals surface area contributed by atoms with Crippen LogP contribution in [0.3, 0.4) is 0 Å². The Bertz CT molecular complexity index is 332. The maximum absolute atomic E-state index is 4.26. The number of nitrogens with one attached hydrogen (secondary N) is 1. The average molecular weight is 163 g/mol. The molecule has 2 rings (SSSR count). The van der Waals surface area contributed by atoms with Crippen LogP contribution in [0.15, 0.2) is 17.3 Å². The molecule has 0 amide bonds. The van der Waals surface area contributed by atoms with E-state index in [-0.39, 0.29) is 0 Å². The molecule has 1 aliphatic rings. The van der Waals surface area contributed by atoms with Crippen LogP contribution in [0.5, 0.6) is 0 Å². The van der Waals surface area contributed by atoms with Crippen molar-refractivity contribution in [1.29, 1.82) is 0 Å². The van der Waals surface area contributed by atoms with Crippen LogP contribution in [0.2, 0.25) is 0 Å². The Balaban J connectivity index is 2.55. The van der Waals surface area contributed by atoms with Gasteiger partial charge in [-0.05, 0) is 13.0 Å². The highest BCUT2D eigenvalue weighted by Gasteiger charge is 2.13. The van der Waals surface area contributed by atoms with Crippen LogP contribution in [0, 0.1) is 0 Å². The molecular formula is C7H9N5. The molecule has 2 heterocycles. The molecule has 62 valence electrons. The Hall–Kier alpha value is -1.65. The summed E-state index contributed by atoms with van der Waals surface area (Å²) < 4.78 is 0. The smallest absolute Gasteiger partial charge is 0.195 e. The molecule has 0 saturated carbocycles. The summed E-state index contributed by atoms with van der Waals surface area (Å²) in [4.78, 5) is 4.26. The molecule has 0 aliphatic carbocycles. The lowest BCUT2D eigenvalue weighted by atomic mass is 10.4. The van der Waals surface area contributed by atoms with Gasteiger partial charge in [-0.2, -0.15) is 5.10 Å². The Morgan fingerprint density at radius 1 is 1.50 bits per heavy atom. The number of nitrogens with zero attached hydrogens (tertiary/aromatic N) is 4. The van der Waals surface area contributed by atoms with Crippen molar-refractivity contribution < 1.29 is 0 Å². The van der Waals surface area contributed by atoms with Crippen LogP contribution in [0.1, 0.15) is 6.92 Å². The Kier molecular flexibility index (Phi) is 1.43. The second-order valence-corrected chi connectivity index (χ2v) is 2.61. The van der Waals surface area contributed by atoms with Crippen molar-refractivity contribution >= 4 is 17.3 Å². The van der Waals surface area contributed by atoms with Gasteiger partial charge in [-0.1, -0.05) is 0 Å². The molecule has 0 bridgehead atoms. The molecule has 0 aromatic carbocycles. The van der Waals surface area contributed by atoms with Gasteiger partial charge in [0.1, 0.15) is 11.5 Å². The largest absolute Gasteiger partial charge is 0.284 e. The molecule has 0 radical (unpaired) electrons. The number of amidine groups is 1.